The molecule has 1 aliphatic rings. The van der Waals surface area contributed by atoms with Gasteiger partial charge in [-0.05, 0) is 18.8 Å². The van der Waals surface area contributed by atoms with Crippen LogP contribution in [0.15, 0.2) is 6.20 Å². The van der Waals surface area contributed by atoms with E-state index in [0.717, 1.165) is 12.8 Å². The molecule has 8 nitrogen and oxygen atoms in total. The van der Waals surface area contributed by atoms with Crippen LogP contribution in [0, 0.1) is 5.92 Å². The van der Waals surface area contributed by atoms with Gasteiger partial charge in [0.25, 0.3) is 5.91 Å². The van der Waals surface area contributed by atoms with E-state index in [2.05, 4.69) is 10.3 Å². The van der Waals surface area contributed by atoms with Crippen molar-refractivity contribution in [3.63, 3.8) is 0 Å². The number of aromatic nitrogens is 3. The molecule has 0 spiro atoms. The van der Waals surface area contributed by atoms with Crippen LogP contribution in [0.4, 0.5) is 0 Å². The van der Waals surface area contributed by atoms with E-state index in [9.17, 15) is 14.7 Å². The van der Waals surface area contributed by atoms with Crippen molar-refractivity contribution in [1.82, 2.24) is 19.9 Å². The van der Waals surface area contributed by atoms with Crippen molar-refractivity contribution in [2.45, 2.75) is 32.4 Å². The quantitative estimate of drug-likeness (QED) is 0.773. The Bertz CT molecular complexity index is 501. The first-order chi connectivity index (χ1) is 9.54. The van der Waals surface area contributed by atoms with Crippen molar-refractivity contribution in [2.75, 3.05) is 13.1 Å². The Kier molecular flexibility index (Phi) is 4.33. The highest BCUT2D eigenvalue weighted by Crippen LogP contribution is 2.24. The lowest BCUT2D eigenvalue weighted by Gasteiger charge is -2.36. The van der Waals surface area contributed by atoms with Crippen LogP contribution in [0.3, 0.4) is 0 Å². The largest absolute Gasteiger partial charge is 0.480 e. The average Bonchev–Trinajstić information content (AvgIpc) is 2.86. The number of amides is 1. The molecular formula is C12H19N5O3. The first-order valence-electron chi connectivity index (χ1n) is 6.68. The third-order valence-electron chi connectivity index (χ3n) is 3.56. The first kappa shape index (κ1) is 14.4. The van der Waals surface area contributed by atoms with Crippen molar-refractivity contribution in [3.05, 3.63) is 11.9 Å². The lowest BCUT2D eigenvalue weighted by molar-refractivity contribution is -0.145. The lowest BCUT2D eigenvalue weighted by atomic mass is 9.90. The molecule has 2 atom stereocenters. The van der Waals surface area contributed by atoms with Crippen LogP contribution in [0.25, 0.3) is 0 Å². The summed E-state index contributed by atoms with van der Waals surface area (Å²) in [6, 6.07) is -0.795. The van der Waals surface area contributed by atoms with Gasteiger partial charge in [0.05, 0.1) is 12.7 Å². The maximum atomic E-state index is 12.4. The van der Waals surface area contributed by atoms with Crippen LogP contribution in [-0.4, -0.2) is 56.0 Å². The molecule has 1 aliphatic heterocycles. The fourth-order valence-electron chi connectivity index (χ4n) is 2.58. The van der Waals surface area contributed by atoms with Gasteiger partial charge in [-0.1, -0.05) is 12.1 Å². The average molecular weight is 281 g/mol. The van der Waals surface area contributed by atoms with Crippen molar-refractivity contribution in [1.29, 1.82) is 0 Å². The highest BCUT2D eigenvalue weighted by molar-refractivity contribution is 5.94. The molecule has 2 heterocycles. The number of nitrogens with two attached hydrogens (primary N) is 1. The summed E-state index contributed by atoms with van der Waals surface area (Å²) in [7, 11) is 0. The van der Waals surface area contributed by atoms with E-state index in [0.29, 0.717) is 19.6 Å². The summed E-state index contributed by atoms with van der Waals surface area (Å²) in [5.74, 6) is -1.42. The number of hydrogen-bond acceptors (Lipinski definition) is 5. The topological polar surface area (TPSA) is 114 Å². The van der Waals surface area contributed by atoms with Crippen molar-refractivity contribution >= 4 is 11.9 Å². The fourth-order valence-corrected chi connectivity index (χ4v) is 2.58. The van der Waals surface area contributed by atoms with E-state index in [1.807, 2.05) is 6.92 Å². The van der Waals surface area contributed by atoms with Crippen LogP contribution in [-0.2, 0) is 11.3 Å². The second kappa shape index (κ2) is 6.00. The number of carbonyl (C=O) groups is 2. The molecule has 0 aromatic carbocycles. The van der Waals surface area contributed by atoms with E-state index in [-0.39, 0.29) is 17.5 Å². The zero-order chi connectivity index (χ0) is 14.7. The number of nitrogens with zero attached hydrogens (tertiary/aromatic N) is 4. The van der Waals surface area contributed by atoms with Crippen LogP contribution < -0.4 is 5.73 Å². The highest BCUT2D eigenvalue weighted by Gasteiger charge is 2.38. The van der Waals surface area contributed by atoms with E-state index < -0.39 is 12.0 Å². The number of carbonyl (C=O) groups excluding carboxylic acids is 1. The van der Waals surface area contributed by atoms with Gasteiger partial charge in [0.15, 0.2) is 5.69 Å². The molecule has 2 unspecified atom stereocenters. The van der Waals surface area contributed by atoms with Gasteiger partial charge in [0.1, 0.15) is 6.04 Å². The molecule has 1 aromatic heterocycles. The van der Waals surface area contributed by atoms with Gasteiger partial charge >= 0.3 is 5.97 Å². The van der Waals surface area contributed by atoms with Crippen LogP contribution in [0.1, 0.15) is 30.3 Å². The number of carboxylic acids is 1. The molecule has 0 radical (unpaired) electrons. The number of rotatable bonds is 4. The predicted molar refractivity (Wildman–Crippen MR) is 69.9 cm³/mol. The molecule has 1 aromatic rings. The maximum Gasteiger partial charge on any atom is 0.326 e. The second-order valence-corrected chi connectivity index (χ2v) is 5.06. The zero-order valence-corrected chi connectivity index (χ0v) is 11.4. The molecule has 8 heteroatoms. The van der Waals surface area contributed by atoms with E-state index >= 15 is 0 Å². The number of carboxylic acid groups (broad SMARTS) is 1. The molecule has 1 fully saturated rings. The van der Waals surface area contributed by atoms with Crippen molar-refractivity contribution in [3.8, 4) is 0 Å². The SMILES string of the molecule is CC1CCCN(C(=O)c2cn(CCN)nn2)C1C(=O)O. The van der Waals surface area contributed by atoms with Gasteiger partial charge in [-0.15, -0.1) is 5.10 Å². The van der Waals surface area contributed by atoms with E-state index in [4.69, 9.17) is 5.73 Å². The van der Waals surface area contributed by atoms with Gasteiger partial charge < -0.3 is 15.7 Å². The van der Waals surface area contributed by atoms with Gasteiger partial charge in [-0.2, -0.15) is 0 Å². The van der Waals surface area contributed by atoms with E-state index in [1.165, 1.54) is 15.8 Å². The van der Waals surface area contributed by atoms with E-state index in [1.54, 1.807) is 0 Å². The van der Waals surface area contributed by atoms with Crippen molar-refractivity contribution < 1.29 is 14.7 Å². The molecule has 3 N–H and O–H groups in total. The third kappa shape index (κ3) is 2.79. The van der Waals surface area contributed by atoms with Gasteiger partial charge in [0.2, 0.25) is 0 Å². The predicted octanol–water partition coefficient (Wildman–Crippen LogP) is -0.438. The molecular weight excluding hydrogens is 262 g/mol. The molecule has 0 aliphatic carbocycles. The molecule has 1 saturated heterocycles. The Morgan fingerprint density at radius 3 is 2.95 bits per heavy atom. The monoisotopic (exact) mass is 281 g/mol. The minimum Gasteiger partial charge on any atom is -0.480 e. The van der Waals surface area contributed by atoms with Gasteiger partial charge in [0, 0.05) is 13.1 Å². The molecule has 2 rings (SSSR count). The molecule has 110 valence electrons. The molecule has 20 heavy (non-hydrogen) atoms. The summed E-state index contributed by atoms with van der Waals surface area (Å²) < 4.78 is 1.48. The van der Waals surface area contributed by atoms with Crippen LogP contribution in [0.2, 0.25) is 0 Å². The molecule has 0 bridgehead atoms. The highest BCUT2D eigenvalue weighted by atomic mass is 16.4. The Morgan fingerprint density at radius 1 is 1.55 bits per heavy atom. The Hall–Kier alpha value is -1.96. The second-order valence-electron chi connectivity index (χ2n) is 5.06. The fraction of sp³-hybridized carbons (Fsp3) is 0.667. The summed E-state index contributed by atoms with van der Waals surface area (Å²) in [6.45, 7) is 3.15. The summed E-state index contributed by atoms with van der Waals surface area (Å²) in [5, 5.41) is 16.9. The minimum absolute atomic E-state index is 0.0655. The Morgan fingerprint density at radius 2 is 2.30 bits per heavy atom. The third-order valence-corrected chi connectivity index (χ3v) is 3.56. The smallest absolute Gasteiger partial charge is 0.326 e. The number of aliphatic carboxylic acids is 1. The molecule has 0 saturated carbocycles. The van der Waals surface area contributed by atoms with Gasteiger partial charge in [-0.3, -0.25) is 9.48 Å². The summed E-state index contributed by atoms with van der Waals surface area (Å²) >= 11 is 0. The van der Waals surface area contributed by atoms with Crippen LogP contribution >= 0.6 is 0 Å². The minimum atomic E-state index is -0.972. The maximum absolute atomic E-state index is 12.4. The Labute approximate surface area is 116 Å². The lowest BCUT2D eigenvalue weighted by Crippen LogP contribution is -2.52. The molecule has 1 amide bonds. The number of likely N-dealkylation sites (tertiary alicyclic amines) is 1. The zero-order valence-electron chi connectivity index (χ0n) is 11.4. The Balaban J connectivity index is 2.18. The normalized spacial score (nSPS) is 22.8. The summed E-state index contributed by atoms with van der Waals surface area (Å²) in [6.07, 6.45) is 3.11. The standard InChI is InChI=1S/C12H19N5O3/c1-8-3-2-5-17(10(8)12(19)20)11(18)9-7-16(6-4-13)15-14-9/h7-8,10H,2-6,13H2,1H3,(H,19,20). The first-order valence-corrected chi connectivity index (χ1v) is 6.68. The van der Waals surface area contributed by atoms with Gasteiger partial charge in [-0.25, -0.2) is 4.79 Å². The van der Waals surface area contributed by atoms with Crippen molar-refractivity contribution in [2.24, 2.45) is 11.7 Å². The summed E-state index contributed by atoms with van der Waals surface area (Å²) in [5.41, 5.74) is 5.57. The van der Waals surface area contributed by atoms with Crippen LogP contribution in [0.5, 0.6) is 0 Å². The number of piperidine rings is 1. The number of hydrogen-bond donors (Lipinski definition) is 2. The summed E-state index contributed by atoms with van der Waals surface area (Å²) in [4.78, 5) is 25.1.